The average molecular weight is 503 g/mol. The van der Waals surface area contributed by atoms with Crippen LogP contribution in [0.15, 0.2) is 58.4 Å². The summed E-state index contributed by atoms with van der Waals surface area (Å²) in [6.07, 6.45) is 1.53. The Morgan fingerprint density at radius 1 is 1.11 bits per heavy atom. The Labute approximate surface area is 212 Å². The van der Waals surface area contributed by atoms with Crippen LogP contribution in [-0.4, -0.2) is 45.1 Å². The number of hydrogen-bond acceptors (Lipinski definition) is 7. The molecule has 0 aliphatic carbocycles. The Morgan fingerprint density at radius 3 is 2.58 bits per heavy atom. The molecule has 2 aromatic heterocycles. The average Bonchev–Trinajstić information content (AvgIpc) is 3.53. The summed E-state index contributed by atoms with van der Waals surface area (Å²) in [5, 5.41) is 19.2. The number of benzene rings is 2. The molecule has 1 fully saturated rings. The van der Waals surface area contributed by atoms with Gasteiger partial charge in [-0.05, 0) is 50.5 Å². The number of likely N-dealkylation sites (tertiary alicyclic amines) is 1. The number of anilines is 1. The van der Waals surface area contributed by atoms with Crippen LogP contribution in [0, 0.1) is 13.8 Å². The van der Waals surface area contributed by atoms with Crippen molar-refractivity contribution in [2.75, 3.05) is 18.4 Å². The quantitative estimate of drug-likeness (QED) is 0.354. The summed E-state index contributed by atoms with van der Waals surface area (Å²) in [6, 6.07) is 14.4. The second-order valence-electron chi connectivity index (χ2n) is 8.92. The molecule has 1 aliphatic heterocycles. The first-order chi connectivity index (χ1) is 17.4. The molecule has 3 heterocycles. The minimum Gasteiger partial charge on any atom is -0.508 e. The van der Waals surface area contributed by atoms with Crippen molar-refractivity contribution in [3.05, 3.63) is 81.5 Å². The molecule has 36 heavy (non-hydrogen) atoms. The molecule has 5 rings (SSSR count). The van der Waals surface area contributed by atoms with Gasteiger partial charge in [-0.15, -0.1) is 11.3 Å². The van der Waals surface area contributed by atoms with Crippen molar-refractivity contribution in [2.45, 2.75) is 32.6 Å². The Morgan fingerprint density at radius 2 is 1.86 bits per heavy atom. The molecule has 184 valence electrons. The number of hydrogen-bond donors (Lipinski definition) is 2. The van der Waals surface area contributed by atoms with E-state index in [1.165, 1.54) is 17.4 Å². The van der Waals surface area contributed by atoms with E-state index in [1.807, 2.05) is 42.2 Å². The predicted octanol–water partition coefficient (Wildman–Crippen LogP) is 5.39. The van der Waals surface area contributed by atoms with E-state index >= 15 is 0 Å². The number of rotatable bonds is 5. The molecule has 0 bridgehead atoms. The lowest BCUT2D eigenvalue weighted by molar-refractivity contribution is 0.0711. The number of carbonyl (C=O) groups excluding carboxylic acids is 2. The molecular weight excluding hydrogens is 476 g/mol. The van der Waals surface area contributed by atoms with Crippen LogP contribution in [0.4, 0.5) is 5.69 Å². The largest absolute Gasteiger partial charge is 0.508 e. The molecule has 0 radical (unpaired) electrons. The molecule has 9 heteroatoms. The van der Waals surface area contributed by atoms with Crippen molar-refractivity contribution in [2.24, 2.45) is 0 Å². The summed E-state index contributed by atoms with van der Waals surface area (Å²) in [5.74, 6) is 0.500. The predicted molar refractivity (Wildman–Crippen MR) is 137 cm³/mol. The third-order valence-electron chi connectivity index (χ3n) is 6.47. The van der Waals surface area contributed by atoms with Crippen LogP contribution in [-0.2, 0) is 0 Å². The van der Waals surface area contributed by atoms with Crippen molar-refractivity contribution < 1.29 is 19.2 Å². The smallest absolute Gasteiger partial charge is 0.275 e. The summed E-state index contributed by atoms with van der Waals surface area (Å²) in [7, 11) is 0. The number of aromatic hydroxyl groups is 1. The zero-order chi connectivity index (χ0) is 25.2. The molecule has 0 saturated carbocycles. The molecular formula is C27H26N4O4S. The Bertz CT molecular complexity index is 1400. The number of aromatic nitrogens is 2. The van der Waals surface area contributed by atoms with Gasteiger partial charge in [0.2, 0.25) is 0 Å². The van der Waals surface area contributed by atoms with Gasteiger partial charge in [-0.1, -0.05) is 35.5 Å². The molecule has 1 aliphatic rings. The summed E-state index contributed by atoms with van der Waals surface area (Å²) < 4.78 is 5.38. The topological polar surface area (TPSA) is 109 Å². The fraction of sp³-hybridized carbons (Fsp3) is 0.259. The third-order valence-corrected chi connectivity index (χ3v) is 7.48. The van der Waals surface area contributed by atoms with Gasteiger partial charge in [-0.3, -0.25) is 9.59 Å². The van der Waals surface area contributed by atoms with Crippen LogP contribution >= 0.6 is 11.3 Å². The minimum absolute atomic E-state index is 0.0745. The van der Waals surface area contributed by atoms with E-state index in [-0.39, 0.29) is 23.5 Å². The molecule has 2 amide bonds. The van der Waals surface area contributed by atoms with Gasteiger partial charge >= 0.3 is 0 Å². The maximum atomic E-state index is 13.4. The summed E-state index contributed by atoms with van der Waals surface area (Å²) >= 11 is 1.47. The van der Waals surface area contributed by atoms with Gasteiger partial charge in [0.15, 0.2) is 0 Å². The SMILES string of the molecule is Cc1cc(O)ccc1NC(=O)c1csc(C2CCN(C(=O)c3c(-c4ccccc4)noc3C)CC2)n1. The third kappa shape index (κ3) is 4.74. The number of aryl methyl sites for hydroxylation is 2. The second-order valence-corrected chi connectivity index (χ2v) is 9.81. The lowest BCUT2D eigenvalue weighted by Crippen LogP contribution is -2.38. The van der Waals surface area contributed by atoms with Crippen molar-refractivity contribution in [1.82, 2.24) is 15.0 Å². The number of piperidine rings is 1. The van der Waals surface area contributed by atoms with Gasteiger partial charge in [0, 0.05) is 35.6 Å². The Kier molecular flexibility index (Phi) is 6.56. The molecule has 0 unspecified atom stereocenters. The van der Waals surface area contributed by atoms with E-state index in [1.54, 1.807) is 24.4 Å². The zero-order valence-electron chi connectivity index (χ0n) is 20.0. The lowest BCUT2D eigenvalue weighted by atomic mass is 9.96. The van der Waals surface area contributed by atoms with Gasteiger partial charge in [0.25, 0.3) is 11.8 Å². The van der Waals surface area contributed by atoms with Gasteiger partial charge < -0.3 is 19.8 Å². The number of nitrogens with zero attached hydrogens (tertiary/aromatic N) is 3. The molecule has 0 spiro atoms. The van der Waals surface area contributed by atoms with Crippen LogP contribution < -0.4 is 5.32 Å². The molecule has 8 nitrogen and oxygen atoms in total. The number of amides is 2. The van der Waals surface area contributed by atoms with Crippen molar-refractivity contribution in [3.63, 3.8) is 0 Å². The van der Waals surface area contributed by atoms with Crippen molar-refractivity contribution in [3.8, 4) is 17.0 Å². The normalized spacial score (nSPS) is 14.1. The molecule has 2 aromatic carbocycles. The van der Waals surface area contributed by atoms with Gasteiger partial charge in [0.1, 0.15) is 28.5 Å². The van der Waals surface area contributed by atoms with Crippen LogP contribution in [0.1, 0.15) is 55.9 Å². The highest BCUT2D eigenvalue weighted by Gasteiger charge is 2.31. The van der Waals surface area contributed by atoms with Crippen molar-refractivity contribution >= 4 is 28.8 Å². The van der Waals surface area contributed by atoms with E-state index in [2.05, 4.69) is 15.5 Å². The Hall–Kier alpha value is -3.98. The Balaban J connectivity index is 1.23. The van der Waals surface area contributed by atoms with Gasteiger partial charge in [0.05, 0.1) is 5.01 Å². The molecule has 2 N–H and O–H groups in total. The highest BCUT2D eigenvalue weighted by atomic mass is 32.1. The summed E-state index contributed by atoms with van der Waals surface area (Å²) in [6.45, 7) is 4.77. The van der Waals surface area contributed by atoms with E-state index in [0.29, 0.717) is 41.5 Å². The summed E-state index contributed by atoms with van der Waals surface area (Å²) in [4.78, 5) is 32.5. The van der Waals surface area contributed by atoms with Crippen LogP contribution in [0.25, 0.3) is 11.3 Å². The monoisotopic (exact) mass is 502 g/mol. The first kappa shape index (κ1) is 23.7. The number of thiazole rings is 1. The lowest BCUT2D eigenvalue weighted by Gasteiger charge is -2.31. The zero-order valence-corrected chi connectivity index (χ0v) is 20.8. The highest BCUT2D eigenvalue weighted by molar-refractivity contribution is 7.10. The van der Waals surface area contributed by atoms with E-state index in [4.69, 9.17) is 4.52 Å². The highest BCUT2D eigenvalue weighted by Crippen LogP contribution is 2.33. The number of nitrogens with one attached hydrogen (secondary N) is 1. The van der Waals surface area contributed by atoms with E-state index in [9.17, 15) is 14.7 Å². The van der Waals surface area contributed by atoms with E-state index < -0.39 is 0 Å². The first-order valence-electron chi connectivity index (χ1n) is 11.8. The van der Waals surface area contributed by atoms with Gasteiger partial charge in [-0.2, -0.15) is 0 Å². The molecule has 0 atom stereocenters. The van der Waals surface area contributed by atoms with E-state index in [0.717, 1.165) is 29.0 Å². The number of phenolic OH excluding ortho intramolecular Hbond substituents is 1. The number of carbonyl (C=O) groups is 2. The van der Waals surface area contributed by atoms with Crippen LogP contribution in [0.3, 0.4) is 0 Å². The maximum Gasteiger partial charge on any atom is 0.275 e. The van der Waals surface area contributed by atoms with Crippen LogP contribution in [0.5, 0.6) is 5.75 Å². The summed E-state index contributed by atoms with van der Waals surface area (Å²) in [5.41, 5.74) is 3.71. The standard InChI is InChI=1S/C27H26N4O4S/c1-16-14-20(32)8-9-21(16)28-25(33)22-15-36-26(29-22)19-10-12-31(13-11-19)27(34)23-17(2)35-30-24(23)18-6-4-3-5-7-18/h3-9,14-15,19,32H,10-13H2,1-2H3,(H,28,33). The fourth-order valence-electron chi connectivity index (χ4n) is 4.46. The molecule has 4 aromatic rings. The van der Waals surface area contributed by atoms with Gasteiger partial charge in [-0.25, -0.2) is 4.98 Å². The number of phenols is 1. The minimum atomic E-state index is -0.282. The first-order valence-corrected chi connectivity index (χ1v) is 12.7. The van der Waals surface area contributed by atoms with Crippen molar-refractivity contribution in [1.29, 1.82) is 0 Å². The molecule has 1 saturated heterocycles. The second kappa shape index (κ2) is 9.94. The maximum absolute atomic E-state index is 13.4. The fourth-order valence-corrected chi connectivity index (χ4v) is 5.43. The van der Waals surface area contributed by atoms with Crippen LogP contribution in [0.2, 0.25) is 0 Å².